The fourth-order valence-electron chi connectivity index (χ4n) is 2.42. The fraction of sp³-hybridized carbons (Fsp3) is 0.263. The van der Waals surface area contributed by atoms with Crippen molar-refractivity contribution in [2.75, 3.05) is 5.32 Å². The summed E-state index contributed by atoms with van der Waals surface area (Å²) in [6.45, 7) is 3.09. The van der Waals surface area contributed by atoms with E-state index >= 15 is 0 Å². The third-order valence-electron chi connectivity index (χ3n) is 3.75. The molecule has 0 radical (unpaired) electrons. The van der Waals surface area contributed by atoms with E-state index in [2.05, 4.69) is 10.3 Å². The number of benzene rings is 1. The van der Waals surface area contributed by atoms with Crippen molar-refractivity contribution in [2.24, 2.45) is 0 Å². The molecule has 0 fully saturated rings. The van der Waals surface area contributed by atoms with Gasteiger partial charge in [0.1, 0.15) is 17.2 Å². The van der Waals surface area contributed by atoms with Crippen molar-refractivity contribution in [1.29, 1.82) is 10.5 Å². The van der Waals surface area contributed by atoms with Crippen molar-refractivity contribution in [1.82, 2.24) is 4.98 Å². The van der Waals surface area contributed by atoms with Crippen LogP contribution in [-0.4, -0.2) is 16.1 Å². The second-order valence-corrected chi connectivity index (χ2v) is 6.95. The maximum absolute atomic E-state index is 13.2. The first-order valence-electron chi connectivity index (χ1n) is 8.16. The summed E-state index contributed by atoms with van der Waals surface area (Å²) in [4.78, 5) is 16.6. The van der Waals surface area contributed by atoms with E-state index in [0.717, 1.165) is 17.8 Å². The van der Waals surface area contributed by atoms with Gasteiger partial charge in [-0.3, -0.25) is 4.79 Å². The van der Waals surface area contributed by atoms with E-state index in [-0.39, 0.29) is 22.7 Å². The van der Waals surface area contributed by atoms with Crippen LogP contribution in [0.15, 0.2) is 35.4 Å². The number of hydrogen-bond donors (Lipinski definition) is 1. The minimum absolute atomic E-state index is 0.0962. The number of halogens is 3. The molecule has 2 aromatic rings. The summed E-state index contributed by atoms with van der Waals surface area (Å²) in [6, 6.07) is 10.7. The lowest BCUT2D eigenvalue weighted by molar-refractivity contribution is -0.138. The van der Waals surface area contributed by atoms with Crippen LogP contribution in [0.1, 0.15) is 35.7 Å². The number of nitriles is 2. The van der Waals surface area contributed by atoms with Gasteiger partial charge >= 0.3 is 6.18 Å². The summed E-state index contributed by atoms with van der Waals surface area (Å²) in [5.74, 6) is -0.490. The lowest BCUT2D eigenvalue weighted by Crippen LogP contribution is -2.25. The highest BCUT2D eigenvalue weighted by molar-refractivity contribution is 8.00. The highest BCUT2D eigenvalue weighted by Gasteiger charge is 2.36. The zero-order chi connectivity index (χ0) is 20.9. The summed E-state index contributed by atoms with van der Waals surface area (Å²) in [6.07, 6.45) is -4.42. The quantitative estimate of drug-likeness (QED) is 0.732. The number of nitrogens with one attached hydrogen (secondary N) is 1. The number of carbonyl (C=O) groups is 1. The number of anilines is 1. The van der Waals surface area contributed by atoms with Crippen molar-refractivity contribution in [3.8, 4) is 12.1 Å². The number of amides is 1. The molecule has 1 amide bonds. The van der Waals surface area contributed by atoms with Crippen molar-refractivity contribution < 1.29 is 18.0 Å². The molecule has 2 rings (SSSR count). The zero-order valence-electron chi connectivity index (χ0n) is 15.0. The molecule has 0 unspecified atom stereocenters. The van der Waals surface area contributed by atoms with Crippen LogP contribution in [0.2, 0.25) is 0 Å². The number of alkyl halides is 3. The van der Waals surface area contributed by atoms with Crippen molar-refractivity contribution in [2.45, 2.75) is 36.7 Å². The average Bonchev–Trinajstić information content (AvgIpc) is 2.65. The summed E-state index contributed by atoms with van der Waals surface area (Å²) < 4.78 is 39.7. The van der Waals surface area contributed by atoms with E-state index in [1.54, 1.807) is 31.2 Å². The molecule has 0 bridgehead atoms. The Hall–Kier alpha value is -3.04. The SMILES string of the molecule is CC[C@@H](Sc1nc(C)cc(C(F)(F)F)c1C#N)C(=O)Nc1ccccc1C#N. The van der Waals surface area contributed by atoms with Gasteiger partial charge in [0.25, 0.3) is 0 Å². The van der Waals surface area contributed by atoms with E-state index in [0.29, 0.717) is 5.69 Å². The van der Waals surface area contributed by atoms with Gasteiger partial charge in [-0.2, -0.15) is 23.7 Å². The minimum Gasteiger partial charge on any atom is -0.324 e. The Balaban J connectivity index is 2.35. The Morgan fingerprint density at radius 2 is 1.96 bits per heavy atom. The van der Waals surface area contributed by atoms with Crippen LogP contribution in [0.5, 0.6) is 0 Å². The van der Waals surface area contributed by atoms with Gasteiger partial charge in [0.15, 0.2) is 0 Å². The molecule has 0 aliphatic heterocycles. The van der Waals surface area contributed by atoms with E-state index < -0.39 is 28.5 Å². The van der Waals surface area contributed by atoms with Gasteiger partial charge in [0, 0.05) is 5.69 Å². The number of rotatable bonds is 5. The van der Waals surface area contributed by atoms with Gasteiger partial charge in [0.05, 0.1) is 27.6 Å². The number of aromatic nitrogens is 1. The molecule has 0 saturated carbocycles. The Labute approximate surface area is 164 Å². The van der Waals surface area contributed by atoms with Crippen LogP contribution in [0.25, 0.3) is 0 Å². The largest absolute Gasteiger partial charge is 0.417 e. The topological polar surface area (TPSA) is 89.6 Å². The van der Waals surface area contributed by atoms with Gasteiger partial charge in [-0.1, -0.05) is 30.8 Å². The molecule has 1 atom stereocenters. The molecule has 1 N–H and O–H groups in total. The lowest BCUT2D eigenvalue weighted by Gasteiger charge is -2.17. The third-order valence-corrected chi connectivity index (χ3v) is 5.10. The van der Waals surface area contributed by atoms with Crippen molar-refractivity contribution in [3.63, 3.8) is 0 Å². The molecule has 1 aromatic carbocycles. The number of carbonyl (C=O) groups excluding carboxylic acids is 1. The van der Waals surface area contributed by atoms with Gasteiger partial charge in [-0.05, 0) is 31.5 Å². The van der Waals surface area contributed by atoms with Crippen LogP contribution in [0.3, 0.4) is 0 Å². The second-order valence-electron chi connectivity index (χ2n) is 5.76. The molecule has 0 saturated heterocycles. The molecule has 0 spiro atoms. The molecular formula is C19H15F3N4OS. The van der Waals surface area contributed by atoms with Gasteiger partial charge < -0.3 is 5.32 Å². The van der Waals surface area contributed by atoms with Crippen LogP contribution in [-0.2, 0) is 11.0 Å². The molecular weight excluding hydrogens is 389 g/mol. The highest BCUT2D eigenvalue weighted by atomic mass is 32.2. The Morgan fingerprint density at radius 1 is 1.29 bits per heavy atom. The van der Waals surface area contributed by atoms with Crippen LogP contribution in [0, 0.1) is 29.6 Å². The number of pyridine rings is 1. The summed E-state index contributed by atoms with van der Waals surface area (Å²) in [5, 5.41) is 20.0. The van der Waals surface area contributed by atoms with Gasteiger partial charge in [0.2, 0.25) is 5.91 Å². The predicted octanol–water partition coefficient (Wildman–Crippen LogP) is 4.66. The van der Waals surface area contributed by atoms with Gasteiger partial charge in [-0.15, -0.1) is 0 Å². The normalized spacial score (nSPS) is 12.0. The predicted molar refractivity (Wildman–Crippen MR) is 98.4 cm³/mol. The molecule has 0 aliphatic carbocycles. The van der Waals surface area contributed by atoms with Gasteiger partial charge in [-0.25, -0.2) is 4.98 Å². The molecule has 0 aliphatic rings. The summed E-state index contributed by atoms with van der Waals surface area (Å²) in [7, 11) is 0. The first-order valence-corrected chi connectivity index (χ1v) is 9.04. The monoisotopic (exact) mass is 404 g/mol. The maximum atomic E-state index is 13.2. The van der Waals surface area contributed by atoms with Crippen LogP contribution >= 0.6 is 11.8 Å². The van der Waals surface area contributed by atoms with E-state index in [4.69, 9.17) is 5.26 Å². The fourth-order valence-corrected chi connectivity index (χ4v) is 3.49. The number of hydrogen-bond acceptors (Lipinski definition) is 5. The standard InChI is InChI=1S/C19H15F3N4OS/c1-3-16(17(27)26-15-7-5-4-6-12(15)9-23)28-18-13(10-24)14(19(20,21)22)8-11(2)25-18/h4-8,16H,3H2,1-2H3,(H,26,27)/t16-/m1/s1. The van der Waals surface area contributed by atoms with Crippen LogP contribution < -0.4 is 5.32 Å². The first kappa shape index (κ1) is 21.3. The smallest absolute Gasteiger partial charge is 0.324 e. The Bertz CT molecular complexity index is 977. The zero-order valence-corrected chi connectivity index (χ0v) is 15.8. The number of aryl methyl sites for hydroxylation is 1. The molecule has 1 heterocycles. The molecule has 144 valence electrons. The number of para-hydroxylation sites is 1. The number of nitrogens with zero attached hydrogens (tertiary/aromatic N) is 3. The molecule has 9 heteroatoms. The lowest BCUT2D eigenvalue weighted by atomic mass is 10.1. The Kier molecular flexibility index (Phi) is 6.66. The van der Waals surface area contributed by atoms with E-state index in [1.807, 2.05) is 6.07 Å². The molecule has 28 heavy (non-hydrogen) atoms. The second kappa shape index (κ2) is 8.77. The summed E-state index contributed by atoms with van der Waals surface area (Å²) >= 11 is 0.797. The Morgan fingerprint density at radius 3 is 2.54 bits per heavy atom. The van der Waals surface area contributed by atoms with Crippen molar-refractivity contribution >= 4 is 23.4 Å². The minimum atomic E-state index is -4.70. The highest BCUT2D eigenvalue weighted by Crippen LogP contribution is 2.37. The first-order chi connectivity index (χ1) is 13.2. The summed E-state index contributed by atoms with van der Waals surface area (Å²) in [5.41, 5.74) is -1.01. The van der Waals surface area contributed by atoms with E-state index in [9.17, 15) is 23.2 Å². The maximum Gasteiger partial charge on any atom is 0.417 e. The van der Waals surface area contributed by atoms with Crippen molar-refractivity contribution in [3.05, 3.63) is 52.7 Å². The van der Waals surface area contributed by atoms with Crippen LogP contribution in [0.4, 0.5) is 18.9 Å². The van der Waals surface area contributed by atoms with E-state index in [1.165, 1.54) is 13.0 Å². The number of thioether (sulfide) groups is 1. The third kappa shape index (κ3) is 4.81. The molecule has 5 nitrogen and oxygen atoms in total. The average molecular weight is 404 g/mol. The molecule has 1 aromatic heterocycles.